The van der Waals surface area contributed by atoms with Gasteiger partial charge >= 0.3 is 0 Å². The van der Waals surface area contributed by atoms with E-state index >= 15 is 0 Å². The van der Waals surface area contributed by atoms with E-state index in [4.69, 9.17) is 5.73 Å². The Morgan fingerprint density at radius 2 is 2.00 bits per heavy atom. The maximum atomic E-state index is 11.6. The van der Waals surface area contributed by atoms with Crippen LogP contribution in [0.3, 0.4) is 0 Å². The second-order valence-corrected chi connectivity index (χ2v) is 3.78. The van der Waals surface area contributed by atoms with Crippen LogP contribution < -0.4 is 5.73 Å². The number of nitrogens with one attached hydrogen (secondary N) is 1. The number of hydrogen-bond acceptors (Lipinski definition) is 2. The summed E-state index contributed by atoms with van der Waals surface area (Å²) in [7, 11) is 0. The Labute approximate surface area is 88.3 Å². The quantitative estimate of drug-likeness (QED) is 0.731. The standard InChI is InChI=1S/C12H14N2O/c1-7-3-4-8(2)12-11(7)9(6-14-12)10(15)5-13/h3-4,6,14H,5,13H2,1-2H3. The summed E-state index contributed by atoms with van der Waals surface area (Å²) >= 11 is 0. The average molecular weight is 202 g/mol. The van der Waals surface area contributed by atoms with Crippen LogP contribution in [0.2, 0.25) is 0 Å². The number of hydrogen-bond donors (Lipinski definition) is 2. The normalized spacial score (nSPS) is 10.9. The van der Waals surface area contributed by atoms with Gasteiger partial charge in [-0.15, -0.1) is 0 Å². The highest BCUT2D eigenvalue weighted by molar-refractivity contribution is 6.10. The van der Waals surface area contributed by atoms with Gasteiger partial charge in [-0.05, 0) is 25.0 Å². The fourth-order valence-corrected chi connectivity index (χ4v) is 1.89. The van der Waals surface area contributed by atoms with Crippen LogP contribution in [0.5, 0.6) is 0 Å². The average Bonchev–Trinajstić information content (AvgIpc) is 2.68. The van der Waals surface area contributed by atoms with E-state index in [-0.39, 0.29) is 12.3 Å². The summed E-state index contributed by atoms with van der Waals surface area (Å²) in [6.45, 7) is 4.08. The summed E-state index contributed by atoms with van der Waals surface area (Å²) < 4.78 is 0. The Morgan fingerprint density at radius 3 is 2.67 bits per heavy atom. The second kappa shape index (κ2) is 3.51. The molecule has 3 heteroatoms. The van der Waals surface area contributed by atoms with Crippen molar-refractivity contribution in [1.82, 2.24) is 4.98 Å². The molecule has 0 saturated heterocycles. The zero-order chi connectivity index (χ0) is 11.0. The number of carbonyl (C=O) groups is 1. The molecule has 1 aromatic carbocycles. The van der Waals surface area contributed by atoms with Gasteiger partial charge in [-0.25, -0.2) is 0 Å². The van der Waals surface area contributed by atoms with Gasteiger partial charge in [-0.2, -0.15) is 0 Å². The Morgan fingerprint density at radius 1 is 1.33 bits per heavy atom. The third kappa shape index (κ3) is 1.45. The number of Topliss-reactive ketones (excluding diaryl/α,β-unsaturated/α-hetero) is 1. The van der Waals surface area contributed by atoms with Gasteiger partial charge in [-0.1, -0.05) is 12.1 Å². The monoisotopic (exact) mass is 202 g/mol. The van der Waals surface area contributed by atoms with Gasteiger partial charge in [0.05, 0.1) is 6.54 Å². The number of carbonyl (C=O) groups excluding carboxylic acids is 1. The van der Waals surface area contributed by atoms with Gasteiger partial charge in [0, 0.05) is 22.7 Å². The van der Waals surface area contributed by atoms with Crippen molar-refractivity contribution in [3.05, 3.63) is 35.0 Å². The molecule has 0 bridgehead atoms. The molecule has 3 nitrogen and oxygen atoms in total. The molecule has 1 aromatic heterocycles. The highest BCUT2D eigenvalue weighted by Gasteiger charge is 2.13. The Kier molecular flexibility index (Phi) is 2.32. The summed E-state index contributed by atoms with van der Waals surface area (Å²) in [5.74, 6) is -0.0186. The first-order valence-corrected chi connectivity index (χ1v) is 4.95. The molecule has 15 heavy (non-hydrogen) atoms. The topological polar surface area (TPSA) is 58.9 Å². The summed E-state index contributed by atoms with van der Waals surface area (Å²) in [6.07, 6.45) is 1.75. The first kappa shape index (κ1) is 9.93. The molecule has 0 amide bonds. The molecule has 0 saturated carbocycles. The van der Waals surface area contributed by atoms with E-state index < -0.39 is 0 Å². The van der Waals surface area contributed by atoms with Crippen LogP contribution in [-0.2, 0) is 0 Å². The zero-order valence-corrected chi connectivity index (χ0v) is 8.92. The minimum atomic E-state index is -0.0186. The minimum Gasteiger partial charge on any atom is -0.360 e. The Hall–Kier alpha value is -1.61. The van der Waals surface area contributed by atoms with Gasteiger partial charge in [0.1, 0.15) is 0 Å². The van der Waals surface area contributed by atoms with E-state index in [0.29, 0.717) is 5.56 Å². The van der Waals surface area contributed by atoms with Gasteiger partial charge in [-0.3, -0.25) is 4.79 Å². The highest BCUT2D eigenvalue weighted by atomic mass is 16.1. The van der Waals surface area contributed by atoms with E-state index in [1.165, 1.54) is 0 Å². The molecule has 0 aliphatic heterocycles. The molecule has 0 aliphatic rings. The van der Waals surface area contributed by atoms with Gasteiger partial charge < -0.3 is 10.7 Å². The van der Waals surface area contributed by atoms with Crippen molar-refractivity contribution in [2.24, 2.45) is 5.73 Å². The maximum absolute atomic E-state index is 11.6. The third-order valence-electron chi connectivity index (χ3n) is 2.74. The van der Waals surface area contributed by atoms with Crippen LogP contribution in [0.25, 0.3) is 10.9 Å². The molecular formula is C12H14N2O. The van der Waals surface area contributed by atoms with Crippen molar-refractivity contribution in [2.45, 2.75) is 13.8 Å². The van der Waals surface area contributed by atoms with Crippen molar-refractivity contribution in [2.75, 3.05) is 6.54 Å². The lowest BCUT2D eigenvalue weighted by molar-refractivity contribution is 0.100. The summed E-state index contributed by atoms with van der Waals surface area (Å²) in [5.41, 5.74) is 9.37. The molecule has 0 radical (unpaired) electrons. The van der Waals surface area contributed by atoms with E-state index in [9.17, 15) is 4.79 Å². The van der Waals surface area contributed by atoms with Crippen LogP contribution >= 0.6 is 0 Å². The summed E-state index contributed by atoms with van der Waals surface area (Å²) in [6, 6.07) is 4.07. The number of H-pyrrole nitrogens is 1. The largest absolute Gasteiger partial charge is 0.360 e. The lowest BCUT2D eigenvalue weighted by Gasteiger charge is -2.02. The third-order valence-corrected chi connectivity index (χ3v) is 2.74. The Balaban J connectivity index is 2.79. The zero-order valence-electron chi connectivity index (χ0n) is 8.92. The number of nitrogens with two attached hydrogens (primary N) is 1. The van der Waals surface area contributed by atoms with Crippen LogP contribution in [0.1, 0.15) is 21.5 Å². The number of rotatable bonds is 2. The molecule has 0 aliphatic carbocycles. The number of fused-ring (bicyclic) bond motifs is 1. The number of ketones is 1. The molecular weight excluding hydrogens is 188 g/mol. The number of benzene rings is 1. The molecule has 0 atom stereocenters. The second-order valence-electron chi connectivity index (χ2n) is 3.78. The lowest BCUT2D eigenvalue weighted by Crippen LogP contribution is -2.13. The predicted molar refractivity (Wildman–Crippen MR) is 61.2 cm³/mol. The first-order valence-electron chi connectivity index (χ1n) is 4.95. The summed E-state index contributed by atoms with van der Waals surface area (Å²) in [5, 5.41) is 1.01. The molecule has 0 unspecified atom stereocenters. The van der Waals surface area contributed by atoms with Gasteiger partial charge in [0.15, 0.2) is 5.78 Å². The van der Waals surface area contributed by atoms with Crippen molar-refractivity contribution in [3.8, 4) is 0 Å². The van der Waals surface area contributed by atoms with Crippen molar-refractivity contribution in [3.63, 3.8) is 0 Å². The smallest absolute Gasteiger partial charge is 0.178 e. The van der Waals surface area contributed by atoms with Gasteiger partial charge in [0.2, 0.25) is 0 Å². The molecule has 0 fully saturated rings. The van der Waals surface area contributed by atoms with E-state index in [1.54, 1.807) is 6.20 Å². The van der Waals surface area contributed by atoms with Crippen molar-refractivity contribution >= 4 is 16.7 Å². The summed E-state index contributed by atoms with van der Waals surface area (Å²) in [4.78, 5) is 14.7. The number of aryl methyl sites for hydroxylation is 2. The van der Waals surface area contributed by atoms with E-state index in [1.807, 2.05) is 26.0 Å². The molecule has 2 aromatic rings. The minimum absolute atomic E-state index is 0.0186. The van der Waals surface area contributed by atoms with Crippen molar-refractivity contribution < 1.29 is 4.79 Å². The van der Waals surface area contributed by atoms with E-state index in [0.717, 1.165) is 22.0 Å². The maximum Gasteiger partial charge on any atom is 0.178 e. The molecule has 3 N–H and O–H groups in total. The van der Waals surface area contributed by atoms with Crippen molar-refractivity contribution in [1.29, 1.82) is 0 Å². The SMILES string of the molecule is Cc1ccc(C)c2c(C(=O)CN)c[nH]c12. The number of aromatic amines is 1. The van der Waals surface area contributed by atoms with Crippen LogP contribution in [0.15, 0.2) is 18.3 Å². The fraction of sp³-hybridized carbons (Fsp3) is 0.250. The highest BCUT2D eigenvalue weighted by Crippen LogP contribution is 2.25. The number of aromatic nitrogens is 1. The van der Waals surface area contributed by atoms with E-state index in [2.05, 4.69) is 4.98 Å². The van der Waals surface area contributed by atoms with Crippen LogP contribution in [-0.4, -0.2) is 17.3 Å². The molecule has 0 spiro atoms. The molecule has 1 heterocycles. The van der Waals surface area contributed by atoms with Gasteiger partial charge in [0.25, 0.3) is 0 Å². The first-order chi connectivity index (χ1) is 7.15. The molecule has 2 rings (SSSR count). The predicted octanol–water partition coefficient (Wildman–Crippen LogP) is 1.93. The molecule has 78 valence electrons. The fourth-order valence-electron chi connectivity index (χ4n) is 1.89. The van der Waals surface area contributed by atoms with Crippen LogP contribution in [0.4, 0.5) is 0 Å². The lowest BCUT2D eigenvalue weighted by atomic mass is 10.0. The van der Waals surface area contributed by atoms with Crippen LogP contribution in [0, 0.1) is 13.8 Å². The Bertz CT molecular complexity index is 526.